The van der Waals surface area contributed by atoms with Crippen molar-refractivity contribution in [3.05, 3.63) is 60.1 Å². The number of aryl methyl sites for hydroxylation is 1. The van der Waals surface area contributed by atoms with E-state index < -0.39 is 5.97 Å². The van der Waals surface area contributed by atoms with Gasteiger partial charge in [-0.1, -0.05) is 48.2 Å². The third-order valence-corrected chi connectivity index (χ3v) is 4.28. The zero-order valence-corrected chi connectivity index (χ0v) is 14.7. The number of allylic oxidation sites excluding steroid dienone is 1. The van der Waals surface area contributed by atoms with Gasteiger partial charge in [0.05, 0.1) is 17.8 Å². The van der Waals surface area contributed by atoms with E-state index in [0.29, 0.717) is 16.7 Å². The summed E-state index contributed by atoms with van der Waals surface area (Å²) in [7, 11) is 0. The van der Waals surface area contributed by atoms with Gasteiger partial charge < -0.3 is 14.3 Å². The van der Waals surface area contributed by atoms with Crippen molar-refractivity contribution >= 4 is 30.0 Å². The standard InChI is InChI=1S/C18H16N4O3S/c1-13-15(9-11-25-13)17-20-21-18(26-12-16(23)24)22(17)19-10-5-8-14-6-3-2-4-7-14/h2-11H,12H2,1H3,(H,23,24)/p-1/b8-5+,19-10-. The van der Waals surface area contributed by atoms with E-state index in [1.54, 1.807) is 31.5 Å². The molecule has 2 aromatic heterocycles. The summed E-state index contributed by atoms with van der Waals surface area (Å²) in [4.78, 5) is 10.7. The molecule has 8 heteroatoms. The molecule has 0 bridgehead atoms. The molecular formula is C18H15N4O3S-. The van der Waals surface area contributed by atoms with Crippen molar-refractivity contribution in [1.82, 2.24) is 14.9 Å². The predicted molar refractivity (Wildman–Crippen MR) is 97.6 cm³/mol. The Morgan fingerprint density at radius 3 is 2.81 bits per heavy atom. The number of carboxylic acids is 1. The minimum atomic E-state index is -1.18. The molecule has 26 heavy (non-hydrogen) atoms. The maximum absolute atomic E-state index is 10.7. The van der Waals surface area contributed by atoms with E-state index in [2.05, 4.69) is 15.3 Å². The van der Waals surface area contributed by atoms with Crippen LogP contribution in [0.5, 0.6) is 0 Å². The second-order valence-corrected chi connectivity index (χ2v) is 6.15. The van der Waals surface area contributed by atoms with Gasteiger partial charge in [-0.2, -0.15) is 9.78 Å². The highest BCUT2D eigenvalue weighted by Gasteiger charge is 2.17. The van der Waals surface area contributed by atoms with E-state index in [0.717, 1.165) is 22.9 Å². The quantitative estimate of drug-likeness (QED) is 0.469. The highest BCUT2D eigenvalue weighted by molar-refractivity contribution is 7.99. The number of carbonyl (C=O) groups is 1. The first kappa shape index (κ1) is 17.7. The molecule has 0 amide bonds. The fourth-order valence-electron chi connectivity index (χ4n) is 2.19. The Labute approximate surface area is 154 Å². The highest BCUT2D eigenvalue weighted by atomic mass is 32.2. The van der Waals surface area contributed by atoms with Gasteiger partial charge in [-0.05, 0) is 24.6 Å². The van der Waals surface area contributed by atoms with E-state index in [4.69, 9.17) is 4.42 Å². The number of hydrogen-bond donors (Lipinski definition) is 0. The monoisotopic (exact) mass is 367 g/mol. The first-order chi connectivity index (χ1) is 12.6. The van der Waals surface area contributed by atoms with E-state index >= 15 is 0 Å². The normalized spacial score (nSPS) is 11.6. The molecule has 132 valence electrons. The minimum Gasteiger partial charge on any atom is -0.549 e. The minimum absolute atomic E-state index is 0.238. The third-order valence-electron chi connectivity index (χ3n) is 3.39. The number of aliphatic carboxylic acids is 1. The number of thioether (sulfide) groups is 1. The van der Waals surface area contributed by atoms with Crippen LogP contribution in [0.15, 0.2) is 63.4 Å². The van der Waals surface area contributed by atoms with Gasteiger partial charge in [0.1, 0.15) is 5.76 Å². The molecule has 0 saturated heterocycles. The first-order valence-electron chi connectivity index (χ1n) is 7.74. The van der Waals surface area contributed by atoms with Crippen molar-refractivity contribution in [2.45, 2.75) is 12.1 Å². The second-order valence-electron chi connectivity index (χ2n) is 5.20. The van der Waals surface area contributed by atoms with Gasteiger partial charge >= 0.3 is 0 Å². The van der Waals surface area contributed by atoms with Crippen molar-refractivity contribution in [3.8, 4) is 11.4 Å². The fourth-order valence-corrected chi connectivity index (χ4v) is 2.79. The maximum atomic E-state index is 10.7. The SMILES string of the molecule is Cc1occc1-c1nnc(SCC(=O)[O-])n1/N=C\C=C\c1ccccc1. The van der Waals surface area contributed by atoms with Crippen LogP contribution < -0.4 is 5.11 Å². The number of benzene rings is 1. The highest BCUT2D eigenvalue weighted by Crippen LogP contribution is 2.26. The molecule has 0 radical (unpaired) electrons. The summed E-state index contributed by atoms with van der Waals surface area (Å²) in [5.74, 6) is -0.275. The molecule has 0 atom stereocenters. The Morgan fingerprint density at radius 1 is 1.31 bits per heavy atom. The lowest BCUT2D eigenvalue weighted by atomic mass is 10.2. The molecule has 2 heterocycles. The average Bonchev–Trinajstić information content (AvgIpc) is 3.23. The molecule has 0 N–H and O–H groups in total. The van der Waals surface area contributed by atoms with Crippen molar-refractivity contribution in [3.63, 3.8) is 0 Å². The molecule has 3 aromatic rings. The van der Waals surface area contributed by atoms with Gasteiger partial charge in [-0.15, -0.1) is 10.2 Å². The second kappa shape index (κ2) is 8.30. The smallest absolute Gasteiger partial charge is 0.212 e. The van der Waals surface area contributed by atoms with Crippen LogP contribution in [0.2, 0.25) is 0 Å². The molecule has 0 aliphatic carbocycles. The topological polar surface area (TPSA) is 96.3 Å². The van der Waals surface area contributed by atoms with E-state index in [1.807, 2.05) is 36.4 Å². The summed E-state index contributed by atoms with van der Waals surface area (Å²) in [5.41, 5.74) is 1.78. The van der Waals surface area contributed by atoms with E-state index in [-0.39, 0.29) is 5.75 Å². The molecule has 0 unspecified atom stereocenters. The lowest BCUT2D eigenvalue weighted by molar-refractivity contribution is -0.301. The Balaban J connectivity index is 1.88. The van der Waals surface area contributed by atoms with Gasteiger partial charge in [-0.25, -0.2) is 0 Å². The van der Waals surface area contributed by atoms with Crippen LogP contribution >= 0.6 is 11.8 Å². The number of rotatable bonds is 7. The van der Waals surface area contributed by atoms with Gasteiger partial charge in [0.25, 0.3) is 0 Å². The zero-order chi connectivity index (χ0) is 18.4. The molecule has 7 nitrogen and oxygen atoms in total. The molecule has 0 aliphatic heterocycles. The van der Waals surface area contributed by atoms with Crippen LogP contribution in [0.4, 0.5) is 0 Å². The zero-order valence-electron chi connectivity index (χ0n) is 13.9. The molecular weight excluding hydrogens is 352 g/mol. The summed E-state index contributed by atoms with van der Waals surface area (Å²) in [6.07, 6.45) is 6.84. The third kappa shape index (κ3) is 4.28. The fraction of sp³-hybridized carbons (Fsp3) is 0.111. The molecule has 0 aliphatic rings. The Morgan fingerprint density at radius 2 is 2.12 bits per heavy atom. The van der Waals surface area contributed by atoms with Crippen LogP contribution in [0.3, 0.4) is 0 Å². The van der Waals surface area contributed by atoms with Crippen molar-refractivity contribution < 1.29 is 14.3 Å². The summed E-state index contributed by atoms with van der Waals surface area (Å²) >= 11 is 0.992. The lowest BCUT2D eigenvalue weighted by Crippen LogP contribution is -2.24. The van der Waals surface area contributed by atoms with Gasteiger partial charge in [-0.3, -0.25) is 0 Å². The lowest BCUT2D eigenvalue weighted by Gasteiger charge is -2.03. The Bertz CT molecular complexity index is 945. The van der Waals surface area contributed by atoms with Crippen LogP contribution in [0, 0.1) is 6.92 Å². The molecule has 1 aromatic carbocycles. The largest absolute Gasteiger partial charge is 0.549 e. The van der Waals surface area contributed by atoms with Crippen LogP contribution in [0.1, 0.15) is 11.3 Å². The summed E-state index contributed by atoms with van der Waals surface area (Å²) < 4.78 is 6.79. The van der Waals surface area contributed by atoms with Gasteiger partial charge in [0.2, 0.25) is 5.16 Å². The van der Waals surface area contributed by atoms with Crippen molar-refractivity contribution in [1.29, 1.82) is 0 Å². The van der Waals surface area contributed by atoms with Gasteiger partial charge in [0.15, 0.2) is 5.82 Å². The van der Waals surface area contributed by atoms with Crippen molar-refractivity contribution in [2.24, 2.45) is 5.10 Å². The Kier molecular flexibility index (Phi) is 5.65. The van der Waals surface area contributed by atoms with E-state index in [9.17, 15) is 9.90 Å². The Hall–Kier alpha value is -3.13. The van der Waals surface area contributed by atoms with Crippen LogP contribution in [-0.2, 0) is 4.79 Å². The molecule has 0 spiro atoms. The van der Waals surface area contributed by atoms with Crippen molar-refractivity contribution in [2.75, 3.05) is 5.75 Å². The summed E-state index contributed by atoms with van der Waals surface area (Å²) in [5, 5.41) is 23.6. The van der Waals surface area contributed by atoms with Crippen LogP contribution in [0.25, 0.3) is 17.5 Å². The number of carboxylic acid groups (broad SMARTS) is 1. The average molecular weight is 367 g/mol. The molecule has 0 saturated carbocycles. The summed E-state index contributed by atoms with van der Waals surface area (Å²) in [6, 6.07) is 11.6. The van der Waals surface area contributed by atoms with E-state index in [1.165, 1.54) is 4.68 Å². The summed E-state index contributed by atoms with van der Waals surface area (Å²) in [6.45, 7) is 1.81. The predicted octanol–water partition coefficient (Wildman–Crippen LogP) is 2.24. The molecule has 0 fully saturated rings. The first-order valence-corrected chi connectivity index (χ1v) is 8.72. The van der Waals surface area contributed by atoms with Gasteiger partial charge in [0, 0.05) is 12.0 Å². The number of carbonyl (C=O) groups excluding carboxylic acids is 1. The van der Waals surface area contributed by atoms with Crippen LogP contribution in [-0.4, -0.2) is 32.8 Å². The number of aromatic nitrogens is 3. The number of furan rings is 1. The number of hydrogen-bond acceptors (Lipinski definition) is 7. The molecule has 3 rings (SSSR count). The number of nitrogens with zero attached hydrogens (tertiary/aromatic N) is 4. The maximum Gasteiger partial charge on any atom is 0.212 e.